The van der Waals surface area contributed by atoms with Gasteiger partial charge in [0.25, 0.3) is 0 Å². The number of nitrogens with one attached hydrogen (secondary N) is 1. The third-order valence-electron chi connectivity index (χ3n) is 4.86. The van der Waals surface area contributed by atoms with E-state index < -0.39 is 11.9 Å². The van der Waals surface area contributed by atoms with Crippen LogP contribution in [0.1, 0.15) is 24.8 Å². The quantitative estimate of drug-likeness (QED) is 0.794. The van der Waals surface area contributed by atoms with Gasteiger partial charge in [0.05, 0.1) is 25.3 Å². The van der Waals surface area contributed by atoms with E-state index in [4.69, 9.17) is 14.6 Å². The zero-order chi connectivity index (χ0) is 18.4. The maximum absolute atomic E-state index is 12.4. The van der Waals surface area contributed by atoms with E-state index in [0.29, 0.717) is 50.8 Å². The summed E-state index contributed by atoms with van der Waals surface area (Å²) >= 11 is 0. The molecular formula is C18H25N3O5. The number of ether oxygens (including phenoxy) is 2. The number of aliphatic carboxylic acids is 1. The number of hydrogen-bond acceptors (Lipinski definition) is 5. The van der Waals surface area contributed by atoms with Crippen molar-refractivity contribution in [3.05, 3.63) is 24.0 Å². The van der Waals surface area contributed by atoms with Crippen LogP contribution in [-0.4, -0.2) is 59.9 Å². The highest BCUT2D eigenvalue weighted by atomic mass is 16.5. The Hall–Kier alpha value is -2.35. The molecule has 0 aliphatic carbocycles. The molecule has 0 saturated carbocycles. The highest BCUT2D eigenvalue weighted by Gasteiger charge is 2.28. The van der Waals surface area contributed by atoms with Crippen LogP contribution in [0, 0.1) is 11.8 Å². The number of carboxylic acid groups (broad SMARTS) is 1. The van der Waals surface area contributed by atoms with E-state index in [1.54, 1.807) is 17.3 Å². The van der Waals surface area contributed by atoms with Crippen LogP contribution in [0.25, 0.3) is 0 Å². The first kappa shape index (κ1) is 18.4. The van der Waals surface area contributed by atoms with Gasteiger partial charge < -0.3 is 24.8 Å². The number of pyridine rings is 1. The van der Waals surface area contributed by atoms with E-state index in [2.05, 4.69) is 10.3 Å². The lowest BCUT2D eigenvalue weighted by Gasteiger charge is -2.30. The minimum Gasteiger partial charge on any atom is -0.491 e. The average Bonchev–Trinajstić information content (AvgIpc) is 3.18. The Labute approximate surface area is 152 Å². The number of piperidine rings is 1. The molecule has 2 atom stereocenters. The van der Waals surface area contributed by atoms with Crippen LogP contribution in [0.3, 0.4) is 0 Å². The lowest BCUT2D eigenvalue weighted by atomic mass is 9.99. The molecule has 2 fully saturated rings. The van der Waals surface area contributed by atoms with Gasteiger partial charge in [-0.15, -0.1) is 0 Å². The predicted octanol–water partition coefficient (Wildman–Crippen LogP) is 1.50. The van der Waals surface area contributed by atoms with Gasteiger partial charge in [0, 0.05) is 43.9 Å². The number of likely N-dealkylation sites (tertiary alicyclic amines) is 1. The lowest BCUT2D eigenvalue weighted by molar-refractivity contribution is -0.143. The fourth-order valence-electron chi connectivity index (χ4n) is 3.25. The van der Waals surface area contributed by atoms with Gasteiger partial charge in [-0.1, -0.05) is 0 Å². The molecule has 142 valence electrons. The van der Waals surface area contributed by atoms with E-state index >= 15 is 0 Å². The van der Waals surface area contributed by atoms with E-state index in [1.807, 2.05) is 6.07 Å². The van der Waals surface area contributed by atoms with Crippen molar-refractivity contribution < 1.29 is 24.2 Å². The van der Waals surface area contributed by atoms with Gasteiger partial charge in [0.15, 0.2) is 0 Å². The molecule has 2 amide bonds. The minimum atomic E-state index is -0.844. The van der Waals surface area contributed by atoms with Crippen LogP contribution in [0.2, 0.25) is 0 Å². The number of amides is 2. The summed E-state index contributed by atoms with van der Waals surface area (Å²) in [4.78, 5) is 29.2. The third-order valence-corrected chi connectivity index (χ3v) is 4.86. The molecule has 0 aromatic carbocycles. The molecule has 8 heteroatoms. The fourth-order valence-corrected chi connectivity index (χ4v) is 3.25. The Bertz CT molecular complexity index is 633. The Morgan fingerprint density at radius 1 is 1.42 bits per heavy atom. The molecule has 0 radical (unpaired) electrons. The molecule has 3 heterocycles. The normalized spacial score (nSPS) is 22.8. The summed E-state index contributed by atoms with van der Waals surface area (Å²) in [5.74, 6) is -0.285. The van der Waals surface area contributed by atoms with Gasteiger partial charge in [-0.2, -0.15) is 0 Å². The molecule has 2 saturated heterocycles. The van der Waals surface area contributed by atoms with Crippen molar-refractivity contribution in [1.29, 1.82) is 0 Å². The van der Waals surface area contributed by atoms with E-state index in [-0.39, 0.29) is 12.6 Å². The smallest absolute Gasteiger partial charge is 0.317 e. The maximum atomic E-state index is 12.4. The van der Waals surface area contributed by atoms with Crippen LogP contribution >= 0.6 is 0 Å². The zero-order valence-corrected chi connectivity index (χ0v) is 14.7. The first-order chi connectivity index (χ1) is 12.6. The van der Waals surface area contributed by atoms with Crippen LogP contribution in [0.5, 0.6) is 5.75 Å². The van der Waals surface area contributed by atoms with Crippen LogP contribution in [-0.2, 0) is 16.1 Å². The Balaban J connectivity index is 1.52. The number of carbonyl (C=O) groups is 2. The summed E-state index contributed by atoms with van der Waals surface area (Å²) in [5, 5.41) is 12.0. The first-order valence-corrected chi connectivity index (χ1v) is 9.02. The second-order valence-corrected chi connectivity index (χ2v) is 6.81. The zero-order valence-electron chi connectivity index (χ0n) is 14.7. The minimum absolute atomic E-state index is 0.247. The third kappa shape index (κ3) is 4.85. The molecule has 2 aliphatic rings. The highest BCUT2D eigenvalue weighted by molar-refractivity contribution is 5.76. The molecular weight excluding hydrogens is 338 g/mol. The van der Waals surface area contributed by atoms with Gasteiger partial charge in [0.2, 0.25) is 0 Å². The van der Waals surface area contributed by atoms with E-state index in [9.17, 15) is 9.59 Å². The number of urea groups is 1. The van der Waals surface area contributed by atoms with E-state index in [0.717, 1.165) is 18.6 Å². The summed E-state index contributed by atoms with van der Waals surface area (Å²) in [6.07, 6.45) is 5.63. The van der Waals surface area contributed by atoms with Crippen LogP contribution in [0.4, 0.5) is 4.79 Å². The topological polar surface area (TPSA) is 101 Å². The molecule has 0 spiro atoms. The molecule has 1 aromatic rings. The SMILES string of the molecule is O=C(O)C1CCCN(C(=O)NCc2ccncc2OCC2CCOC2)C1. The second-order valence-electron chi connectivity index (χ2n) is 6.81. The van der Waals surface area contributed by atoms with Crippen molar-refractivity contribution in [2.45, 2.75) is 25.8 Å². The molecule has 26 heavy (non-hydrogen) atoms. The van der Waals surface area contributed by atoms with Crippen molar-refractivity contribution in [2.24, 2.45) is 11.8 Å². The first-order valence-electron chi connectivity index (χ1n) is 9.02. The van der Waals surface area contributed by atoms with Crippen LogP contribution in [0.15, 0.2) is 18.5 Å². The lowest BCUT2D eigenvalue weighted by Crippen LogP contribution is -2.46. The molecule has 8 nitrogen and oxygen atoms in total. The fraction of sp³-hybridized carbons (Fsp3) is 0.611. The molecule has 2 unspecified atom stereocenters. The summed E-state index contributed by atoms with van der Waals surface area (Å²) in [7, 11) is 0. The van der Waals surface area contributed by atoms with Gasteiger partial charge in [-0.3, -0.25) is 9.78 Å². The molecule has 0 bridgehead atoms. The molecule has 3 rings (SSSR count). The average molecular weight is 363 g/mol. The van der Waals surface area contributed by atoms with Crippen molar-refractivity contribution in [1.82, 2.24) is 15.2 Å². The number of carbonyl (C=O) groups excluding carboxylic acids is 1. The van der Waals surface area contributed by atoms with Crippen molar-refractivity contribution in [3.8, 4) is 5.75 Å². The highest BCUT2D eigenvalue weighted by Crippen LogP contribution is 2.20. The molecule has 2 N–H and O–H groups in total. The van der Waals surface area contributed by atoms with Gasteiger partial charge in [-0.25, -0.2) is 4.79 Å². The summed E-state index contributed by atoms with van der Waals surface area (Å²) < 4.78 is 11.2. The Morgan fingerprint density at radius 2 is 2.31 bits per heavy atom. The maximum Gasteiger partial charge on any atom is 0.317 e. The van der Waals surface area contributed by atoms with E-state index in [1.165, 1.54) is 0 Å². The summed E-state index contributed by atoms with van der Waals surface area (Å²) in [6.45, 7) is 3.20. The number of hydrogen-bond donors (Lipinski definition) is 2. The monoisotopic (exact) mass is 363 g/mol. The number of carboxylic acids is 1. The number of rotatable bonds is 6. The van der Waals surface area contributed by atoms with Gasteiger partial charge in [0.1, 0.15) is 5.75 Å². The Morgan fingerprint density at radius 3 is 3.08 bits per heavy atom. The van der Waals surface area contributed by atoms with Gasteiger partial charge in [-0.05, 0) is 25.3 Å². The van der Waals surface area contributed by atoms with Gasteiger partial charge >= 0.3 is 12.0 Å². The Kier molecular flexibility index (Phi) is 6.27. The van der Waals surface area contributed by atoms with Crippen molar-refractivity contribution in [2.75, 3.05) is 32.9 Å². The predicted molar refractivity (Wildman–Crippen MR) is 92.8 cm³/mol. The second kappa shape index (κ2) is 8.84. The van der Waals surface area contributed by atoms with Crippen molar-refractivity contribution >= 4 is 12.0 Å². The molecule has 1 aromatic heterocycles. The summed E-state index contributed by atoms with van der Waals surface area (Å²) in [5.41, 5.74) is 0.846. The number of aromatic nitrogens is 1. The standard InChI is InChI=1S/C18H25N3O5/c22-17(23)15-2-1-6-21(10-15)18(24)20-8-14-3-5-19-9-16(14)26-12-13-4-7-25-11-13/h3,5,9,13,15H,1-2,4,6-8,10-12H2,(H,20,24)(H,22,23). The van der Waals surface area contributed by atoms with Crippen LogP contribution < -0.4 is 10.1 Å². The largest absolute Gasteiger partial charge is 0.491 e. The van der Waals surface area contributed by atoms with Crippen molar-refractivity contribution in [3.63, 3.8) is 0 Å². The molecule has 2 aliphatic heterocycles. The summed E-state index contributed by atoms with van der Waals surface area (Å²) in [6, 6.07) is 1.57. The number of nitrogens with zero attached hydrogens (tertiary/aromatic N) is 2.